The maximum atomic E-state index is 13.3. The Morgan fingerprint density at radius 3 is 2.55 bits per heavy atom. The summed E-state index contributed by atoms with van der Waals surface area (Å²) in [6.45, 7) is 2.80. The molecule has 1 N–H and O–H groups in total. The first-order valence-electron chi connectivity index (χ1n) is 7.64. The van der Waals surface area contributed by atoms with Gasteiger partial charge in [0.1, 0.15) is 0 Å². The van der Waals surface area contributed by atoms with Crippen molar-refractivity contribution in [1.29, 1.82) is 0 Å². The van der Waals surface area contributed by atoms with E-state index in [0.29, 0.717) is 12.3 Å². The lowest BCUT2D eigenvalue weighted by atomic mass is 10.1. The Kier molecular flexibility index (Phi) is 4.58. The average Bonchev–Trinajstić information content (AvgIpc) is 2.56. The first-order valence-corrected chi connectivity index (χ1v) is 9.27. The van der Waals surface area contributed by atoms with E-state index in [4.69, 9.17) is 4.52 Å². The summed E-state index contributed by atoms with van der Waals surface area (Å²) >= 11 is 0. The van der Waals surface area contributed by atoms with Crippen LogP contribution in [-0.4, -0.2) is 6.54 Å². The zero-order valence-electron chi connectivity index (χ0n) is 12.7. The van der Waals surface area contributed by atoms with Gasteiger partial charge in [0.05, 0.1) is 0 Å². The lowest BCUT2D eigenvalue weighted by Gasteiger charge is -2.34. The molecule has 1 atom stereocenters. The van der Waals surface area contributed by atoms with Crippen LogP contribution in [0.1, 0.15) is 30.9 Å². The molecule has 1 aliphatic rings. The largest absolute Gasteiger partial charge is 0.630 e. The van der Waals surface area contributed by atoms with Crippen molar-refractivity contribution in [2.75, 3.05) is 6.54 Å². The molecule has 114 valence electrons. The Balaban J connectivity index is 1.98. The average molecular weight is 313 g/mol. The molecule has 0 amide bonds. The number of nitrogens with one attached hydrogen (secondary N) is 1. The zero-order valence-corrected chi connectivity index (χ0v) is 13.6. The molecule has 0 aliphatic carbocycles. The number of fused-ring (bicyclic) bond motifs is 1. The molecule has 0 aromatic heterocycles. The van der Waals surface area contributed by atoms with E-state index in [1.807, 2.05) is 60.7 Å². The normalized spacial score (nSPS) is 20.0. The van der Waals surface area contributed by atoms with E-state index in [9.17, 15) is 4.89 Å². The highest BCUT2D eigenvalue weighted by Crippen LogP contribution is 2.53. The lowest BCUT2D eigenvalue weighted by Crippen LogP contribution is -2.38. The Morgan fingerprint density at radius 2 is 1.77 bits per heavy atom. The Labute approximate surface area is 132 Å². The number of rotatable bonds is 5. The molecule has 0 radical (unpaired) electrons. The number of unbranched alkanes of at least 4 members (excludes halogenated alkanes) is 1. The molecule has 2 aromatic carbocycles. The van der Waals surface area contributed by atoms with E-state index in [0.717, 1.165) is 29.3 Å². The maximum Gasteiger partial charge on any atom is 0.255 e. The van der Waals surface area contributed by atoms with Gasteiger partial charge < -0.3 is 9.42 Å². The van der Waals surface area contributed by atoms with Crippen LogP contribution in [-0.2, 0) is 4.52 Å². The van der Waals surface area contributed by atoms with E-state index in [1.54, 1.807) is 0 Å². The molecular formula is C18H20NO2P. The predicted molar refractivity (Wildman–Crippen MR) is 91.3 cm³/mol. The Hall–Kier alpha value is -1.67. The Bertz CT molecular complexity index is 672. The van der Waals surface area contributed by atoms with E-state index in [1.165, 1.54) is 0 Å². The smallest absolute Gasteiger partial charge is 0.255 e. The van der Waals surface area contributed by atoms with Crippen molar-refractivity contribution >= 4 is 25.0 Å². The summed E-state index contributed by atoms with van der Waals surface area (Å²) in [6.07, 6.45) is 3.98. The summed E-state index contributed by atoms with van der Waals surface area (Å²) in [5.74, 6) is 0.659. The molecule has 0 bridgehead atoms. The molecule has 0 saturated carbocycles. The molecule has 22 heavy (non-hydrogen) atoms. The zero-order chi connectivity index (χ0) is 15.4. The van der Waals surface area contributed by atoms with Gasteiger partial charge in [0.25, 0.3) is 7.87 Å². The summed E-state index contributed by atoms with van der Waals surface area (Å²) in [5.41, 5.74) is 1.90. The molecule has 1 aliphatic heterocycles. The van der Waals surface area contributed by atoms with Crippen LogP contribution in [0.4, 0.5) is 0 Å². The molecule has 2 aromatic rings. The highest BCUT2D eigenvalue weighted by Gasteiger charge is 2.38. The fraction of sp³-hybridized carbons (Fsp3) is 0.222. The van der Waals surface area contributed by atoms with Crippen molar-refractivity contribution in [2.45, 2.75) is 19.8 Å². The van der Waals surface area contributed by atoms with Crippen LogP contribution in [0.2, 0.25) is 0 Å². The van der Waals surface area contributed by atoms with Crippen LogP contribution in [0.25, 0.3) is 11.8 Å². The third-order valence-electron chi connectivity index (χ3n) is 3.68. The third kappa shape index (κ3) is 3.07. The van der Waals surface area contributed by atoms with Gasteiger partial charge in [-0.05, 0) is 18.6 Å². The molecule has 1 heterocycles. The first kappa shape index (κ1) is 15.2. The third-order valence-corrected chi connectivity index (χ3v) is 5.81. The molecule has 1 unspecified atom stereocenters. The highest BCUT2D eigenvalue weighted by atomic mass is 31.2. The monoisotopic (exact) mass is 313 g/mol. The Morgan fingerprint density at radius 1 is 1.05 bits per heavy atom. The predicted octanol–water partition coefficient (Wildman–Crippen LogP) is 3.35. The molecular weight excluding hydrogens is 293 g/mol. The van der Waals surface area contributed by atoms with Crippen molar-refractivity contribution in [1.82, 2.24) is 5.09 Å². The minimum Gasteiger partial charge on any atom is -0.630 e. The van der Waals surface area contributed by atoms with Gasteiger partial charge in [-0.2, -0.15) is 5.09 Å². The maximum absolute atomic E-state index is 13.3. The molecule has 0 saturated heterocycles. The van der Waals surface area contributed by atoms with Gasteiger partial charge in [0.15, 0.2) is 11.1 Å². The van der Waals surface area contributed by atoms with E-state index < -0.39 is 7.87 Å². The van der Waals surface area contributed by atoms with E-state index in [2.05, 4.69) is 12.0 Å². The SMILES string of the molecule is CCCCN[P+]1([O-])OC(c2ccccc2)=Cc2ccccc21. The second-order valence-corrected chi connectivity index (χ2v) is 7.42. The topological polar surface area (TPSA) is 44.3 Å². The molecule has 3 nitrogen and oxygen atoms in total. The summed E-state index contributed by atoms with van der Waals surface area (Å²) < 4.78 is 5.94. The number of hydrogen-bond donors (Lipinski definition) is 1. The van der Waals surface area contributed by atoms with Gasteiger partial charge in [-0.25, -0.2) is 0 Å². The van der Waals surface area contributed by atoms with Crippen LogP contribution < -0.4 is 15.3 Å². The van der Waals surface area contributed by atoms with Crippen molar-refractivity contribution < 1.29 is 9.42 Å². The summed E-state index contributed by atoms with van der Waals surface area (Å²) in [7, 11) is -3.07. The standard InChI is InChI=1S/C18H20NO2P/c1-2-3-13-19-22(20)18-12-8-7-11-16(18)14-17(21-22)15-9-5-4-6-10-15/h4-12,14H,2-3,13H2,1H3,(H,19,20). The minimum atomic E-state index is -3.07. The van der Waals surface area contributed by atoms with Crippen LogP contribution in [0.15, 0.2) is 54.6 Å². The first-order chi connectivity index (χ1) is 10.7. The van der Waals surface area contributed by atoms with Crippen molar-refractivity contribution in [3.05, 3.63) is 65.7 Å². The quantitative estimate of drug-likeness (QED) is 0.680. The highest BCUT2D eigenvalue weighted by molar-refractivity contribution is 7.70. The van der Waals surface area contributed by atoms with Crippen molar-refractivity contribution in [2.24, 2.45) is 0 Å². The van der Waals surface area contributed by atoms with Crippen LogP contribution >= 0.6 is 7.87 Å². The van der Waals surface area contributed by atoms with Gasteiger partial charge in [-0.1, -0.05) is 61.9 Å². The van der Waals surface area contributed by atoms with Gasteiger partial charge in [-0.15, -0.1) is 0 Å². The molecule has 3 rings (SSSR count). The van der Waals surface area contributed by atoms with Crippen LogP contribution in [0.3, 0.4) is 0 Å². The van der Waals surface area contributed by atoms with Crippen LogP contribution in [0, 0.1) is 0 Å². The van der Waals surface area contributed by atoms with E-state index >= 15 is 0 Å². The van der Waals surface area contributed by atoms with Gasteiger partial charge >= 0.3 is 0 Å². The molecule has 4 heteroatoms. The second-order valence-electron chi connectivity index (χ2n) is 5.34. The number of hydrogen-bond acceptors (Lipinski definition) is 3. The molecule has 0 fully saturated rings. The second kappa shape index (κ2) is 6.62. The fourth-order valence-corrected chi connectivity index (χ4v) is 4.47. The van der Waals surface area contributed by atoms with Gasteiger partial charge in [0.2, 0.25) is 0 Å². The summed E-state index contributed by atoms with van der Waals surface area (Å²) in [5, 5.41) is 3.90. The summed E-state index contributed by atoms with van der Waals surface area (Å²) in [4.78, 5) is 13.3. The van der Waals surface area contributed by atoms with Crippen LogP contribution in [0.5, 0.6) is 0 Å². The van der Waals surface area contributed by atoms with Crippen molar-refractivity contribution in [3.8, 4) is 0 Å². The van der Waals surface area contributed by atoms with E-state index in [-0.39, 0.29) is 0 Å². The number of benzene rings is 2. The van der Waals surface area contributed by atoms with Crippen molar-refractivity contribution in [3.63, 3.8) is 0 Å². The van der Waals surface area contributed by atoms with Gasteiger partial charge in [0, 0.05) is 17.7 Å². The summed E-state index contributed by atoms with van der Waals surface area (Å²) in [6, 6.07) is 17.5. The van der Waals surface area contributed by atoms with Gasteiger partial charge in [-0.3, -0.25) is 0 Å². The lowest BCUT2D eigenvalue weighted by molar-refractivity contribution is -0.186. The minimum absolute atomic E-state index is 0.659. The molecule has 0 spiro atoms. The fourth-order valence-electron chi connectivity index (χ4n) is 2.49.